The molecule has 0 saturated carbocycles. The molecule has 186 valence electrons. The van der Waals surface area contributed by atoms with Crippen LogP contribution in [0.3, 0.4) is 0 Å². The summed E-state index contributed by atoms with van der Waals surface area (Å²) >= 11 is 0. The molecule has 1 rings (SSSR count). The molecule has 0 aliphatic carbocycles. The molecule has 0 fully saturated rings. The van der Waals surface area contributed by atoms with Gasteiger partial charge in [-0.2, -0.15) is 0 Å². The van der Waals surface area contributed by atoms with E-state index < -0.39 is 23.5 Å². The molecule has 1 aromatic carbocycles. The van der Waals surface area contributed by atoms with Gasteiger partial charge in [-0.3, -0.25) is 14.4 Å². The average Bonchev–Trinajstić information content (AvgIpc) is 2.81. The van der Waals surface area contributed by atoms with Crippen molar-refractivity contribution in [2.24, 2.45) is 5.92 Å². The number of rotatable bonds is 21. The summed E-state index contributed by atoms with van der Waals surface area (Å²) in [6.45, 7) is 3.80. The molecule has 0 amide bonds. The molecule has 1 unspecified atom stereocenters. The van der Waals surface area contributed by atoms with Crippen LogP contribution in [0.4, 0.5) is 0 Å². The lowest BCUT2D eigenvalue weighted by Gasteiger charge is -2.12. The zero-order valence-electron chi connectivity index (χ0n) is 21.1. The highest BCUT2D eigenvalue weighted by Gasteiger charge is 2.33. The van der Waals surface area contributed by atoms with Crippen molar-refractivity contribution in [3.63, 3.8) is 0 Å². The molecule has 0 spiro atoms. The van der Waals surface area contributed by atoms with Gasteiger partial charge in [0.2, 0.25) is 0 Å². The first-order valence-electron chi connectivity index (χ1n) is 13.3. The largest absolute Gasteiger partial charge is 0.465 e. The Morgan fingerprint density at radius 1 is 0.667 bits per heavy atom. The quantitative estimate of drug-likeness (QED) is 0.0813. The van der Waals surface area contributed by atoms with E-state index in [0.29, 0.717) is 5.56 Å². The Morgan fingerprint density at radius 3 is 1.52 bits per heavy atom. The fourth-order valence-corrected chi connectivity index (χ4v) is 4.13. The maximum atomic E-state index is 12.5. The Balaban J connectivity index is 1.99. The molecule has 1 aromatic rings. The zero-order valence-corrected chi connectivity index (χ0v) is 21.1. The zero-order chi connectivity index (χ0) is 24.2. The van der Waals surface area contributed by atoms with Gasteiger partial charge in [-0.15, -0.1) is 0 Å². The van der Waals surface area contributed by atoms with Gasteiger partial charge in [-0.25, -0.2) is 0 Å². The number of hydrogen-bond acceptors (Lipinski definition) is 4. The van der Waals surface area contributed by atoms with Crippen LogP contribution in [0, 0.1) is 5.92 Å². The van der Waals surface area contributed by atoms with E-state index in [9.17, 15) is 14.4 Å². The van der Waals surface area contributed by atoms with Crippen LogP contribution in [0.2, 0.25) is 0 Å². The molecule has 0 saturated heterocycles. The van der Waals surface area contributed by atoms with E-state index in [1.165, 1.54) is 90.4 Å². The van der Waals surface area contributed by atoms with E-state index >= 15 is 0 Å². The van der Waals surface area contributed by atoms with E-state index in [0.717, 1.165) is 19.3 Å². The van der Waals surface area contributed by atoms with Crippen molar-refractivity contribution in [2.45, 2.75) is 117 Å². The second kappa shape index (κ2) is 19.5. The van der Waals surface area contributed by atoms with Crippen LogP contribution in [-0.2, 0) is 14.3 Å². The number of hydrogen-bond donors (Lipinski definition) is 0. The fourth-order valence-electron chi connectivity index (χ4n) is 4.13. The van der Waals surface area contributed by atoms with Crippen molar-refractivity contribution < 1.29 is 19.1 Å². The van der Waals surface area contributed by atoms with Gasteiger partial charge >= 0.3 is 5.97 Å². The molecule has 4 heteroatoms. The lowest BCUT2D eigenvalue weighted by molar-refractivity contribution is -0.149. The van der Waals surface area contributed by atoms with Gasteiger partial charge in [-0.05, 0) is 13.3 Å². The van der Waals surface area contributed by atoms with Crippen LogP contribution >= 0.6 is 0 Å². The maximum absolute atomic E-state index is 12.5. The highest BCUT2D eigenvalue weighted by molar-refractivity contribution is 6.21. The summed E-state index contributed by atoms with van der Waals surface area (Å²) in [6, 6.07) is 8.44. The van der Waals surface area contributed by atoms with Gasteiger partial charge in [-0.1, -0.05) is 134 Å². The molecule has 0 bridgehead atoms. The second-order valence-corrected chi connectivity index (χ2v) is 9.24. The van der Waals surface area contributed by atoms with Crippen LogP contribution in [0.1, 0.15) is 127 Å². The van der Waals surface area contributed by atoms with E-state index in [-0.39, 0.29) is 6.61 Å². The first-order valence-corrected chi connectivity index (χ1v) is 13.3. The molecular weight excluding hydrogens is 412 g/mol. The lowest BCUT2D eigenvalue weighted by atomic mass is 9.94. The molecule has 0 radical (unpaired) electrons. The smallest absolute Gasteiger partial charge is 0.324 e. The summed E-state index contributed by atoms with van der Waals surface area (Å²) in [5.74, 6) is -3.04. The molecule has 4 nitrogen and oxygen atoms in total. The Kier molecular flexibility index (Phi) is 17.2. The number of ketones is 2. The number of Topliss-reactive ketones (excluding diaryl/α,β-unsaturated/α-hetero) is 2. The van der Waals surface area contributed by atoms with E-state index in [4.69, 9.17) is 4.74 Å². The van der Waals surface area contributed by atoms with E-state index in [1.54, 1.807) is 30.3 Å². The Hall–Kier alpha value is -1.97. The van der Waals surface area contributed by atoms with Crippen LogP contribution in [-0.4, -0.2) is 24.1 Å². The molecule has 0 aliphatic rings. The van der Waals surface area contributed by atoms with Crippen molar-refractivity contribution in [2.75, 3.05) is 6.61 Å². The van der Waals surface area contributed by atoms with Gasteiger partial charge in [0.1, 0.15) is 0 Å². The minimum absolute atomic E-state index is 0.267. The molecular formula is C29H46O4. The van der Waals surface area contributed by atoms with Gasteiger partial charge in [0.15, 0.2) is 17.5 Å². The molecule has 0 aliphatic heterocycles. The number of ether oxygens (including phenoxy) is 1. The third-order valence-electron chi connectivity index (χ3n) is 6.20. The van der Waals surface area contributed by atoms with Crippen LogP contribution in [0.25, 0.3) is 0 Å². The molecule has 0 heterocycles. The standard InChI is InChI=1S/C29H46O4/c1-3-4-5-6-7-8-9-10-11-12-13-14-15-16-17-21-24-33-29(32)27(25(2)30)28(31)26-22-19-18-20-23-26/h18-20,22-23,27H,3-17,21,24H2,1-2H3. The third kappa shape index (κ3) is 14.0. The average molecular weight is 459 g/mol. The van der Waals surface area contributed by atoms with Crippen molar-refractivity contribution in [1.29, 1.82) is 0 Å². The molecule has 33 heavy (non-hydrogen) atoms. The van der Waals surface area contributed by atoms with E-state index in [1.807, 2.05) is 0 Å². The minimum atomic E-state index is -1.35. The van der Waals surface area contributed by atoms with Gasteiger partial charge in [0.05, 0.1) is 6.61 Å². The Bertz CT molecular complexity index is 653. The third-order valence-corrected chi connectivity index (χ3v) is 6.20. The first-order chi connectivity index (χ1) is 16.1. The predicted molar refractivity (Wildman–Crippen MR) is 135 cm³/mol. The number of carbonyl (C=O) groups excluding carboxylic acids is 3. The topological polar surface area (TPSA) is 60.4 Å². The summed E-state index contributed by atoms with van der Waals surface area (Å²) in [5.41, 5.74) is 0.358. The fraction of sp³-hybridized carbons (Fsp3) is 0.690. The lowest BCUT2D eigenvalue weighted by Crippen LogP contribution is -2.32. The first kappa shape index (κ1) is 29.1. The van der Waals surface area contributed by atoms with Crippen molar-refractivity contribution >= 4 is 17.5 Å². The number of carbonyl (C=O) groups is 3. The van der Waals surface area contributed by atoms with Crippen LogP contribution in [0.5, 0.6) is 0 Å². The predicted octanol–water partition coefficient (Wildman–Crippen LogP) is 7.88. The Labute approximate surface area is 201 Å². The number of benzene rings is 1. The summed E-state index contributed by atoms with van der Waals surface area (Å²) < 4.78 is 5.25. The van der Waals surface area contributed by atoms with Gasteiger partial charge < -0.3 is 4.74 Å². The van der Waals surface area contributed by atoms with Crippen molar-refractivity contribution in [3.8, 4) is 0 Å². The highest BCUT2D eigenvalue weighted by Crippen LogP contribution is 2.15. The van der Waals surface area contributed by atoms with Crippen LogP contribution < -0.4 is 0 Å². The summed E-state index contributed by atoms with van der Waals surface area (Å²) in [6.07, 6.45) is 20.5. The normalized spacial score (nSPS) is 11.8. The summed E-state index contributed by atoms with van der Waals surface area (Å²) in [5, 5.41) is 0. The molecule has 1 atom stereocenters. The molecule has 0 aromatic heterocycles. The van der Waals surface area contributed by atoms with E-state index in [2.05, 4.69) is 6.92 Å². The minimum Gasteiger partial charge on any atom is -0.465 e. The second-order valence-electron chi connectivity index (χ2n) is 9.24. The van der Waals surface area contributed by atoms with Crippen molar-refractivity contribution in [3.05, 3.63) is 35.9 Å². The van der Waals surface area contributed by atoms with Crippen LogP contribution in [0.15, 0.2) is 30.3 Å². The van der Waals surface area contributed by atoms with Gasteiger partial charge in [0, 0.05) is 5.56 Å². The number of unbranched alkanes of at least 4 members (excludes halogenated alkanes) is 15. The summed E-state index contributed by atoms with van der Waals surface area (Å²) in [7, 11) is 0. The number of esters is 1. The van der Waals surface area contributed by atoms with Crippen molar-refractivity contribution in [1.82, 2.24) is 0 Å². The monoisotopic (exact) mass is 458 g/mol. The Morgan fingerprint density at radius 2 is 1.09 bits per heavy atom. The summed E-state index contributed by atoms with van der Waals surface area (Å²) in [4.78, 5) is 36.6. The maximum Gasteiger partial charge on any atom is 0.324 e. The SMILES string of the molecule is CCCCCCCCCCCCCCCCCCOC(=O)C(C(C)=O)C(=O)c1ccccc1. The highest BCUT2D eigenvalue weighted by atomic mass is 16.5. The molecule has 0 N–H and O–H groups in total. The van der Waals surface area contributed by atoms with Gasteiger partial charge in [0.25, 0.3) is 0 Å².